The number of allylic oxidation sites excluding steroid dienone is 1. The minimum absolute atomic E-state index is 0.0409. The third-order valence-corrected chi connectivity index (χ3v) is 6.93. The summed E-state index contributed by atoms with van der Waals surface area (Å²) in [5.74, 6) is 0.709. The van der Waals surface area contributed by atoms with Crippen LogP contribution >= 0.6 is 0 Å². The highest BCUT2D eigenvalue weighted by molar-refractivity contribution is 6.26. The number of aliphatic hydroxyl groups excluding tert-OH is 1. The minimum Gasteiger partial charge on any atom is -0.511 e. The number of methoxy groups -OCH3 is 1. The standard InChI is InChI=1S/C25H26O4/c1-12-8-13(2)19(14(3)9-12)21-23(26)20-18-11-17(25(29-18)22(20)24(21)27)15-6-5-7-16(10-15)28-4/h5-10,17-18,20,22,25,27H,11H2,1-4H3/t17-,18-,20-,22+,25?/m0/s1. The van der Waals surface area contributed by atoms with Crippen molar-refractivity contribution in [1.82, 2.24) is 0 Å². The van der Waals surface area contributed by atoms with Crippen LogP contribution in [0.25, 0.3) is 5.57 Å². The average Bonchev–Trinajstić information content (AvgIpc) is 3.34. The fraction of sp³-hybridized carbons (Fsp3) is 0.400. The van der Waals surface area contributed by atoms with Crippen molar-refractivity contribution < 1.29 is 19.4 Å². The van der Waals surface area contributed by atoms with Gasteiger partial charge < -0.3 is 14.6 Å². The highest BCUT2D eigenvalue weighted by atomic mass is 16.5. The Labute approximate surface area is 171 Å². The molecule has 5 atom stereocenters. The number of hydrogen-bond acceptors (Lipinski definition) is 4. The van der Waals surface area contributed by atoms with E-state index in [1.165, 1.54) is 0 Å². The predicted octanol–water partition coefficient (Wildman–Crippen LogP) is 4.66. The SMILES string of the molecule is COc1cccc([C@@H]2C[C@@H]3OC2[C@H]2C(O)=C(c4c(C)cc(C)cc4C)C(=O)[C@@H]32)c1. The monoisotopic (exact) mass is 390 g/mol. The molecule has 4 heteroatoms. The van der Waals surface area contributed by atoms with Crippen LogP contribution in [0, 0.1) is 32.6 Å². The van der Waals surface area contributed by atoms with Crippen LogP contribution in [-0.2, 0) is 9.53 Å². The third-order valence-electron chi connectivity index (χ3n) is 6.93. The van der Waals surface area contributed by atoms with Gasteiger partial charge in [-0.2, -0.15) is 0 Å². The van der Waals surface area contributed by atoms with Gasteiger partial charge in [0.05, 0.1) is 36.7 Å². The van der Waals surface area contributed by atoms with Crippen LogP contribution in [-0.4, -0.2) is 30.2 Å². The average molecular weight is 390 g/mol. The van der Waals surface area contributed by atoms with E-state index in [2.05, 4.69) is 25.1 Å². The molecule has 0 saturated carbocycles. The van der Waals surface area contributed by atoms with E-state index in [0.29, 0.717) is 5.57 Å². The molecule has 2 aromatic rings. The molecule has 2 heterocycles. The molecule has 150 valence electrons. The van der Waals surface area contributed by atoms with Crippen molar-refractivity contribution in [2.45, 2.75) is 45.3 Å². The number of aliphatic hydroxyl groups is 1. The first-order valence-electron chi connectivity index (χ1n) is 10.3. The molecule has 2 saturated heterocycles. The first kappa shape index (κ1) is 18.4. The van der Waals surface area contributed by atoms with Crippen molar-refractivity contribution in [3.05, 3.63) is 70.0 Å². The molecule has 2 bridgehead atoms. The number of hydrogen-bond donors (Lipinski definition) is 1. The maximum absolute atomic E-state index is 13.4. The van der Waals surface area contributed by atoms with Gasteiger partial charge in [0.15, 0.2) is 5.78 Å². The summed E-state index contributed by atoms with van der Waals surface area (Å²) in [5.41, 5.74) is 5.79. The third kappa shape index (κ3) is 2.58. The van der Waals surface area contributed by atoms with E-state index in [1.807, 2.05) is 32.0 Å². The van der Waals surface area contributed by atoms with E-state index in [-0.39, 0.29) is 41.5 Å². The maximum Gasteiger partial charge on any atom is 0.173 e. The van der Waals surface area contributed by atoms with Gasteiger partial charge in [0, 0.05) is 5.92 Å². The molecule has 0 aromatic heterocycles. The number of rotatable bonds is 3. The Morgan fingerprint density at radius 2 is 1.79 bits per heavy atom. The van der Waals surface area contributed by atoms with E-state index >= 15 is 0 Å². The van der Waals surface area contributed by atoms with Gasteiger partial charge in [-0.1, -0.05) is 29.8 Å². The van der Waals surface area contributed by atoms with Crippen LogP contribution < -0.4 is 4.74 Å². The van der Waals surface area contributed by atoms with Crippen LogP contribution in [0.4, 0.5) is 0 Å². The maximum atomic E-state index is 13.4. The fourth-order valence-electron chi connectivity index (χ4n) is 5.88. The summed E-state index contributed by atoms with van der Waals surface area (Å²) in [5, 5.41) is 11.2. The topological polar surface area (TPSA) is 55.8 Å². The van der Waals surface area contributed by atoms with E-state index in [9.17, 15) is 9.90 Å². The Kier molecular flexibility index (Phi) is 4.11. The molecule has 2 aromatic carbocycles. The summed E-state index contributed by atoms with van der Waals surface area (Å²) in [7, 11) is 1.66. The number of benzene rings is 2. The Morgan fingerprint density at radius 1 is 1.07 bits per heavy atom. The molecule has 1 unspecified atom stereocenters. The lowest BCUT2D eigenvalue weighted by atomic mass is 9.72. The lowest BCUT2D eigenvalue weighted by Crippen LogP contribution is -2.33. The molecular weight excluding hydrogens is 364 g/mol. The van der Waals surface area contributed by atoms with Gasteiger partial charge in [0.2, 0.25) is 0 Å². The van der Waals surface area contributed by atoms with Gasteiger partial charge in [-0.25, -0.2) is 0 Å². The molecule has 1 aliphatic carbocycles. The molecule has 0 radical (unpaired) electrons. The summed E-state index contributed by atoms with van der Waals surface area (Å²) in [6.07, 6.45) is 0.487. The summed E-state index contributed by atoms with van der Waals surface area (Å²) < 4.78 is 11.6. The second-order valence-corrected chi connectivity index (χ2v) is 8.71. The zero-order valence-corrected chi connectivity index (χ0v) is 17.2. The van der Waals surface area contributed by atoms with Crippen LogP contribution in [0.15, 0.2) is 42.2 Å². The molecular formula is C25H26O4. The van der Waals surface area contributed by atoms with Crippen LogP contribution in [0.2, 0.25) is 0 Å². The Balaban J connectivity index is 1.56. The van der Waals surface area contributed by atoms with Crippen LogP contribution in [0.1, 0.15) is 40.2 Å². The van der Waals surface area contributed by atoms with Crippen LogP contribution in [0.3, 0.4) is 0 Å². The quantitative estimate of drug-likeness (QED) is 0.828. The molecule has 4 nitrogen and oxygen atoms in total. The van der Waals surface area contributed by atoms with Gasteiger partial charge in [-0.3, -0.25) is 4.79 Å². The highest BCUT2D eigenvalue weighted by Gasteiger charge is 2.62. The van der Waals surface area contributed by atoms with Crippen molar-refractivity contribution in [3.63, 3.8) is 0 Å². The molecule has 3 aliphatic rings. The van der Waals surface area contributed by atoms with Gasteiger partial charge in [0.25, 0.3) is 0 Å². The molecule has 29 heavy (non-hydrogen) atoms. The van der Waals surface area contributed by atoms with Crippen molar-refractivity contribution in [2.75, 3.05) is 7.11 Å². The highest BCUT2D eigenvalue weighted by Crippen LogP contribution is 2.58. The smallest absolute Gasteiger partial charge is 0.173 e. The summed E-state index contributed by atoms with van der Waals surface area (Å²) >= 11 is 0. The van der Waals surface area contributed by atoms with Gasteiger partial charge >= 0.3 is 0 Å². The molecule has 5 rings (SSSR count). The summed E-state index contributed by atoms with van der Waals surface area (Å²) in [6, 6.07) is 12.2. The number of carbonyl (C=O) groups excluding carboxylic acids is 1. The number of fused-ring (bicyclic) bond motifs is 5. The number of Topliss-reactive ketones (excluding diaryl/α,β-unsaturated/α-hetero) is 1. The fourth-order valence-corrected chi connectivity index (χ4v) is 5.88. The normalized spacial score (nSPS) is 30.2. The molecule has 0 spiro atoms. The summed E-state index contributed by atoms with van der Waals surface area (Å²) in [6.45, 7) is 6.08. The van der Waals surface area contributed by atoms with E-state index in [1.54, 1.807) is 7.11 Å². The largest absolute Gasteiger partial charge is 0.511 e. The first-order valence-corrected chi connectivity index (χ1v) is 10.3. The van der Waals surface area contributed by atoms with Gasteiger partial charge in [0.1, 0.15) is 11.5 Å². The Morgan fingerprint density at radius 3 is 2.48 bits per heavy atom. The number of ketones is 1. The first-order chi connectivity index (χ1) is 13.9. The van der Waals surface area contributed by atoms with Crippen molar-refractivity contribution >= 4 is 11.4 Å². The van der Waals surface area contributed by atoms with Crippen molar-refractivity contribution in [3.8, 4) is 5.75 Å². The Hall–Kier alpha value is -2.59. The second-order valence-electron chi connectivity index (χ2n) is 8.71. The van der Waals surface area contributed by atoms with Crippen molar-refractivity contribution in [1.29, 1.82) is 0 Å². The number of aryl methyl sites for hydroxylation is 3. The molecule has 0 amide bonds. The molecule has 2 aliphatic heterocycles. The lowest BCUT2D eigenvalue weighted by molar-refractivity contribution is -0.118. The zero-order chi connectivity index (χ0) is 20.4. The molecule has 1 N–H and O–H groups in total. The second kappa shape index (κ2) is 6.46. The predicted molar refractivity (Wildman–Crippen MR) is 111 cm³/mol. The van der Waals surface area contributed by atoms with Crippen molar-refractivity contribution in [2.24, 2.45) is 11.8 Å². The van der Waals surface area contributed by atoms with Crippen LogP contribution in [0.5, 0.6) is 5.75 Å². The number of ether oxygens (including phenoxy) is 2. The van der Waals surface area contributed by atoms with E-state index in [4.69, 9.17) is 9.47 Å². The number of carbonyl (C=O) groups is 1. The van der Waals surface area contributed by atoms with E-state index in [0.717, 1.165) is 40.0 Å². The lowest BCUT2D eigenvalue weighted by Gasteiger charge is -2.28. The van der Waals surface area contributed by atoms with E-state index < -0.39 is 0 Å². The minimum atomic E-state index is -0.267. The van der Waals surface area contributed by atoms with Gasteiger partial charge in [-0.15, -0.1) is 0 Å². The Bertz CT molecular complexity index is 1030. The molecule has 2 fully saturated rings. The summed E-state index contributed by atoms with van der Waals surface area (Å²) in [4.78, 5) is 13.4. The zero-order valence-electron chi connectivity index (χ0n) is 17.2. The van der Waals surface area contributed by atoms with Gasteiger partial charge in [-0.05, 0) is 61.6 Å².